The summed E-state index contributed by atoms with van der Waals surface area (Å²) in [6, 6.07) is 4.13. The lowest BCUT2D eigenvalue weighted by molar-refractivity contribution is -0.0314. The molecule has 0 amide bonds. The SMILES string of the molecule is CCOc1ncc(C2(O)CCN(Cc3ccco3)CC2)c(OCC)n1. The van der Waals surface area contributed by atoms with Crippen LogP contribution < -0.4 is 9.47 Å². The third kappa shape index (κ3) is 4.11. The number of hydrogen-bond acceptors (Lipinski definition) is 7. The van der Waals surface area contributed by atoms with Gasteiger partial charge in [-0.2, -0.15) is 4.98 Å². The van der Waals surface area contributed by atoms with Gasteiger partial charge in [-0.25, -0.2) is 4.98 Å². The summed E-state index contributed by atoms with van der Waals surface area (Å²) in [4.78, 5) is 10.8. The molecule has 1 fully saturated rings. The number of hydrogen-bond donors (Lipinski definition) is 1. The lowest BCUT2D eigenvalue weighted by Crippen LogP contribution is -2.42. The fourth-order valence-corrected chi connectivity index (χ4v) is 3.09. The molecular weight excluding hydrogens is 322 g/mol. The highest BCUT2D eigenvalue weighted by Gasteiger charge is 2.37. The van der Waals surface area contributed by atoms with E-state index in [1.54, 1.807) is 12.5 Å². The maximum atomic E-state index is 11.2. The molecule has 25 heavy (non-hydrogen) atoms. The van der Waals surface area contributed by atoms with Crippen LogP contribution in [0.2, 0.25) is 0 Å². The zero-order valence-electron chi connectivity index (χ0n) is 14.8. The van der Waals surface area contributed by atoms with Gasteiger partial charge >= 0.3 is 6.01 Å². The lowest BCUT2D eigenvalue weighted by atomic mass is 9.85. The lowest BCUT2D eigenvalue weighted by Gasteiger charge is -2.38. The number of nitrogens with zero attached hydrogens (tertiary/aromatic N) is 3. The summed E-state index contributed by atoms with van der Waals surface area (Å²) in [5.74, 6) is 1.34. The van der Waals surface area contributed by atoms with E-state index in [4.69, 9.17) is 13.9 Å². The average Bonchev–Trinajstić information content (AvgIpc) is 3.11. The van der Waals surface area contributed by atoms with Gasteiger partial charge in [0.05, 0.1) is 37.2 Å². The van der Waals surface area contributed by atoms with Crippen LogP contribution in [0.1, 0.15) is 38.0 Å². The fraction of sp³-hybridized carbons (Fsp3) is 0.556. The van der Waals surface area contributed by atoms with Gasteiger partial charge in [0.2, 0.25) is 5.88 Å². The molecule has 0 aliphatic carbocycles. The first-order valence-electron chi connectivity index (χ1n) is 8.75. The number of furan rings is 1. The van der Waals surface area contributed by atoms with Crippen LogP contribution in [0.3, 0.4) is 0 Å². The van der Waals surface area contributed by atoms with Crippen molar-refractivity contribution < 1.29 is 19.0 Å². The molecule has 7 heteroatoms. The Morgan fingerprint density at radius 3 is 2.64 bits per heavy atom. The van der Waals surface area contributed by atoms with Crippen molar-refractivity contribution in [2.75, 3.05) is 26.3 Å². The molecule has 0 spiro atoms. The van der Waals surface area contributed by atoms with Crippen LogP contribution in [0, 0.1) is 0 Å². The van der Waals surface area contributed by atoms with Gasteiger partial charge in [0.15, 0.2) is 0 Å². The van der Waals surface area contributed by atoms with E-state index in [1.165, 1.54) is 0 Å². The van der Waals surface area contributed by atoms with Crippen molar-refractivity contribution in [2.45, 2.75) is 38.8 Å². The molecule has 1 aliphatic rings. The topological polar surface area (TPSA) is 80.9 Å². The maximum Gasteiger partial charge on any atom is 0.319 e. The molecule has 1 saturated heterocycles. The van der Waals surface area contributed by atoms with E-state index in [-0.39, 0.29) is 6.01 Å². The molecule has 0 unspecified atom stereocenters. The van der Waals surface area contributed by atoms with E-state index in [1.807, 2.05) is 26.0 Å². The van der Waals surface area contributed by atoms with Crippen LogP contribution >= 0.6 is 0 Å². The van der Waals surface area contributed by atoms with Crippen molar-refractivity contribution >= 4 is 0 Å². The Kier molecular flexibility index (Phi) is 5.55. The molecule has 0 aromatic carbocycles. The van der Waals surface area contributed by atoms with E-state index in [0.29, 0.717) is 37.5 Å². The summed E-state index contributed by atoms with van der Waals surface area (Å²) in [7, 11) is 0. The first kappa shape index (κ1) is 17.7. The number of piperidine rings is 1. The Bertz CT molecular complexity index is 667. The predicted octanol–water partition coefficient (Wildman–Crippen LogP) is 2.35. The van der Waals surface area contributed by atoms with E-state index in [9.17, 15) is 5.11 Å². The fourth-order valence-electron chi connectivity index (χ4n) is 3.09. The molecule has 3 heterocycles. The van der Waals surface area contributed by atoms with Crippen LogP contribution in [-0.2, 0) is 12.1 Å². The van der Waals surface area contributed by atoms with Gasteiger partial charge in [-0.15, -0.1) is 0 Å². The van der Waals surface area contributed by atoms with Crippen molar-refractivity contribution in [2.24, 2.45) is 0 Å². The Labute approximate surface area is 147 Å². The number of aliphatic hydroxyl groups is 1. The molecule has 2 aromatic rings. The van der Waals surface area contributed by atoms with Crippen molar-refractivity contribution in [3.05, 3.63) is 35.9 Å². The summed E-state index contributed by atoms with van der Waals surface area (Å²) in [6.45, 7) is 6.99. The maximum absolute atomic E-state index is 11.2. The first-order valence-corrected chi connectivity index (χ1v) is 8.75. The Morgan fingerprint density at radius 2 is 2.00 bits per heavy atom. The van der Waals surface area contributed by atoms with E-state index >= 15 is 0 Å². The zero-order valence-corrected chi connectivity index (χ0v) is 14.8. The van der Waals surface area contributed by atoms with E-state index in [2.05, 4.69) is 14.9 Å². The highest BCUT2D eigenvalue weighted by molar-refractivity contribution is 5.32. The van der Waals surface area contributed by atoms with Gasteiger partial charge in [-0.1, -0.05) is 0 Å². The summed E-state index contributed by atoms with van der Waals surface area (Å²) in [6.07, 6.45) is 4.49. The zero-order chi connectivity index (χ0) is 17.7. The smallest absolute Gasteiger partial charge is 0.319 e. The Hall–Kier alpha value is -2.12. The molecule has 1 aliphatic heterocycles. The average molecular weight is 347 g/mol. The van der Waals surface area contributed by atoms with E-state index in [0.717, 1.165) is 25.4 Å². The summed E-state index contributed by atoms with van der Waals surface area (Å²) in [5, 5.41) is 11.2. The largest absolute Gasteiger partial charge is 0.478 e. The molecule has 0 bridgehead atoms. The Morgan fingerprint density at radius 1 is 1.24 bits per heavy atom. The molecule has 0 radical (unpaired) electrons. The van der Waals surface area contributed by atoms with Crippen molar-refractivity contribution in [3.63, 3.8) is 0 Å². The van der Waals surface area contributed by atoms with Crippen LogP contribution in [0.25, 0.3) is 0 Å². The highest BCUT2D eigenvalue weighted by Crippen LogP contribution is 2.37. The van der Waals surface area contributed by atoms with Crippen LogP contribution in [0.15, 0.2) is 29.0 Å². The third-order valence-corrected chi connectivity index (χ3v) is 4.43. The van der Waals surface area contributed by atoms with Crippen LogP contribution in [0.5, 0.6) is 11.9 Å². The highest BCUT2D eigenvalue weighted by atomic mass is 16.5. The minimum Gasteiger partial charge on any atom is -0.478 e. The second-order valence-electron chi connectivity index (χ2n) is 6.12. The molecular formula is C18H25N3O4. The second kappa shape index (κ2) is 7.84. The molecule has 0 atom stereocenters. The summed E-state index contributed by atoms with van der Waals surface area (Å²) >= 11 is 0. The van der Waals surface area contributed by atoms with Crippen molar-refractivity contribution in [3.8, 4) is 11.9 Å². The van der Waals surface area contributed by atoms with E-state index < -0.39 is 5.60 Å². The van der Waals surface area contributed by atoms with Gasteiger partial charge in [0, 0.05) is 19.3 Å². The predicted molar refractivity (Wildman–Crippen MR) is 91.5 cm³/mol. The van der Waals surface area contributed by atoms with Gasteiger partial charge < -0.3 is 19.0 Å². The van der Waals surface area contributed by atoms with Crippen molar-refractivity contribution in [1.82, 2.24) is 14.9 Å². The van der Waals surface area contributed by atoms with Gasteiger partial charge in [-0.05, 0) is 38.8 Å². The molecule has 7 nitrogen and oxygen atoms in total. The van der Waals surface area contributed by atoms with Crippen LogP contribution in [-0.4, -0.2) is 46.3 Å². The van der Waals surface area contributed by atoms with Crippen LogP contribution in [0.4, 0.5) is 0 Å². The summed E-state index contributed by atoms with van der Waals surface area (Å²) in [5.41, 5.74) is -0.356. The third-order valence-electron chi connectivity index (χ3n) is 4.43. The summed E-state index contributed by atoms with van der Waals surface area (Å²) < 4.78 is 16.4. The molecule has 0 saturated carbocycles. The molecule has 2 aromatic heterocycles. The molecule has 136 valence electrons. The van der Waals surface area contributed by atoms with Gasteiger partial charge in [0.1, 0.15) is 5.76 Å². The minimum atomic E-state index is -0.991. The normalized spacial score (nSPS) is 17.4. The molecule has 1 N–H and O–H groups in total. The van der Waals surface area contributed by atoms with Gasteiger partial charge in [0.25, 0.3) is 0 Å². The number of ether oxygens (including phenoxy) is 2. The number of rotatable bonds is 7. The quantitative estimate of drug-likeness (QED) is 0.823. The number of likely N-dealkylation sites (tertiary alicyclic amines) is 1. The van der Waals surface area contributed by atoms with Crippen molar-refractivity contribution in [1.29, 1.82) is 0 Å². The molecule has 3 rings (SSSR count). The number of aromatic nitrogens is 2. The van der Waals surface area contributed by atoms with Gasteiger partial charge in [-0.3, -0.25) is 4.90 Å². The first-order chi connectivity index (χ1) is 12.1. The Balaban J connectivity index is 1.72. The second-order valence-corrected chi connectivity index (χ2v) is 6.12. The standard InChI is InChI=1S/C18H25N3O4/c1-3-23-16-15(12-19-17(20-16)24-4-2)18(22)7-9-21(10-8-18)13-14-6-5-11-25-14/h5-6,11-12,22H,3-4,7-10,13H2,1-2H3. The minimum absolute atomic E-state index is 0.272. The monoisotopic (exact) mass is 347 g/mol.